The summed E-state index contributed by atoms with van der Waals surface area (Å²) in [6.45, 7) is 5.73. The molecule has 1 aromatic carbocycles. The van der Waals surface area contributed by atoms with E-state index in [0.29, 0.717) is 0 Å². The molecule has 27 heavy (non-hydrogen) atoms. The Morgan fingerprint density at radius 3 is 2.93 bits per heavy atom. The highest BCUT2D eigenvalue weighted by Crippen LogP contribution is 2.22. The molecule has 3 heterocycles. The first-order chi connectivity index (χ1) is 13.0. The van der Waals surface area contributed by atoms with Crippen LogP contribution in [0.2, 0.25) is 0 Å². The number of hydrogen-bond donors (Lipinski definition) is 1. The maximum Gasteiger partial charge on any atom is 0.243 e. The molecule has 4 rings (SSSR count). The second-order valence-corrected chi connectivity index (χ2v) is 7.38. The van der Waals surface area contributed by atoms with Crippen LogP contribution in [0.4, 0.5) is 5.82 Å². The van der Waals surface area contributed by atoms with E-state index in [4.69, 9.17) is 0 Å². The molecule has 1 aliphatic heterocycles. The fraction of sp³-hybridized carbons (Fsp3) is 0.450. The predicted molar refractivity (Wildman–Crippen MR) is 106 cm³/mol. The van der Waals surface area contributed by atoms with Gasteiger partial charge in [0.25, 0.3) is 0 Å². The lowest BCUT2D eigenvalue weighted by atomic mass is 10.1. The van der Waals surface area contributed by atoms with Crippen molar-refractivity contribution in [2.45, 2.75) is 38.8 Å². The summed E-state index contributed by atoms with van der Waals surface area (Å²) in [6, 6.07) is 9.83. The average molecular weight is 366 g/mol. The van der Waals surface area contributed by atoms with E-state index < -0.39 is 0 Å². The van der Waals surface area contributed by atoms with Crippen LogP contribution in [-0.2, 0) is 11.8 Å². The van der Waals surface area contributed by atoms with Crippen LogP contribution in [-0.4, -0.2) is 44.4 Å². The van der Waals surface area contributed by atoms with Crippen molar-refractivity contribution in [3.05, 3.63) is 42.4 Å². The third-order valence-electron chi connectivity index (χ3n) is 5.35. The Morgan fingerprint density at radius 2 is 2.15 bits per heavy atom. The van der Waals surface area contributed by atoms with Gasteiger partial charge in [0.05, 0.1) is 23.1 Å². The van der Waals surface area contributed by atoms with Crippen LogP contribution in [0.5, 0.6) is 0 Å². The van der Waals surface area contributed by atoms with Crippen LogP contribution >= 0.6 is 0 Å². The third kappa shape index (κ3) is 3.41. The van der Waals surface area contributed by atoms with Crippen molar-refractivity contribution < 1.29 is 4.79 Å². The molecule has 142 valence electrons. The molecule has 2 aromatic heterocycles. The molecular formula is C20H26N6O. The lowest BCUT2D eigenvalue weighted by Crippen LogP contribution is -2.49. The fourth-order valence-electron chi connectivity index (χ4n) is 3.93. The maximum atomic E-state index is 12.9. The molecular weight excluding hydrogens is 340 g/mol. The summed E-state index contributed by atoms with van der Waals surface area (Å²) in [4.78, 5) is 19.6. The van der Waals surface area contributed by atoms with Crippen LogP contribution in [0.3, 0.4) is 0 Å². The highest BCUT2D eigenvalue weighted by molar-refractivity contribution is 5.83. The number of aryl methyl sites for hydroxylation is 2. The van der Waals surface area contributed by atoms with Gasteiger partial charge in [0, 0.05) is 32.2 Å². The molecule has 7 nitrogen and oxygen atoms in total. The number of aromatic nitrogens is 4. The van der Waals surface area contributed by atoms with Crippen LogP contribution in [0.15, 0.2) is 36.7 Å². The number of anilines is 1. The molecule has 2 atom stereocenters. The van der Waals surface area contributed by atoms with Crippen LogP contribution in [0.1, 0.15) is 31.5 Å². The lowest BCUT2D eigenvalue weighted by Gasteiger charge is -2.34. The zero-order chi connectivity index (χ0) is 19.0. The number of nitrogens with zero attached hydrogens (tertiary/aromatic N) is 5. The van der Waals surface area contributed by atoms with Crippen LogP contribution in [0.25, 0.3) is 11.0 Å². The second-order valence-electron chi connectivity index (χ2n) is 7.38. The van der Waals surface area contributed by atoms with Crippen molar-refractivity contribution in [2.24, 2.45) is 7.05 Å². The van der Waals surface area contributed by atoms with Crippen molar-refractivity contribution in [2.75, 3.05) is 18.0 Å². The first-order valence-corrected chi connectivity index (χ1v) is 9.50. The van der Waals surface area contributed by atoms with E-state index in [1.807, 2.05) is 54.4 Å². The Balaban J connectivity index is 1.45. The molecule has 1 aliphatic rings. The SMILES string of the molecule is Cc1cc(N2CCCC(NC(=O)C(C)n3cnc4ccccc43)C2)n(C)n1. The molecule has 2 unspecified atom stereocenters. The lowest BCUT2D eigenvalue weighted by molar-refractivity contribution is -0.124. The van der Waals surface area contributed by atoms with Gasteiger partial charge >= 0.3 is 0 Å². The van der Waals surface area contributed by atoms with Gasteiger partial charge in [0.2, 0.25) is 5.91 Å². The number of imidazole rings is 1. The molecule has 0 radical (unpaired) electrons. The number of carbonyl (C=O) groups is 1. The summed E-state index contributed by atoms with van der Waals surface area (Å²) in [7, 11) is 1.97. The molecule has 1 amide bonds. The van der Waals surface area contributed by atoms with Gasteiger partial charge in [-0.2, -0.15) is 5.10 Å². The topological polar surface area (TPSA) is 68.0 Å². The van der Waals surface area contributed by atoms with Crippen molar-refractivity contribution in [1.82, 2.24) is 24.6 Å². The van der Waals surface area contributed by atoms with Crippen molar-refractivity contribution in [3.8, 4) is 0 Å². The number of benzene rings is 1. The fourth-order valence-corrected chi connectivity index (χ4v) is 3.93. The quantitative estimate of drug-likeness (QED) is 0.770. The van der Waals surface area contributed by atoms with E-state index in [9.17, 15) is 4.79 Å². The molecule has 0 saturated carbocycles. The summed E-state index contributed by atoms with van der Waals surface area (Å²) in [5.74, 6) is 1.14. The normalized spacial score (nSPS) is 18.6. The largest absolute Gasteiger partial charge is 0.355 e. The van der Waals surface area contributed by atoms with Gasteiger partial charge in [0.1, 0.15) is 11.9 Å². The molecule has 0 aliphatic carbocycles. The predicted octanol–water partition coefficient (Wildman–Crippen LogP) is 2.42. The van der Waals surface area contributed by atoms with Crippen LogP contribution < -0.4 is 10.2 Å². The van der Waals surface area contributed by atoms with Crippen molar-refractivity contribution >= 4 is 22.8 Å². The first-order valence-electron chi connectivity index (χ1n) is 9.50. The summed E-state index contributed by atoms with van der Waals surface area (Å²) >= 11 is 0. The molecule has 1 N–H and O–H groups in total. The van der Waals surface area contributed by atoms with E-state index in [2.05, 4.69) is 26.4 Å². The molecule has 0 bridgehead atoms. The number of piperidine rings is 1. The zero-order valence-corrected chi connectivity index (χ0v) is 16.1. The van der Waals surface area contributed by atoms with Gasteiger partial charge in [-0.25, -0.2) is 4.98 Å². The Bertz CT molecular complexity index is 958. The minimum atomic E-state index is -0.299. The Morgan fingerprint density at radius 1 is 1.33 bits per heavy atom. The summed E-state index contributed by atoms with van der Waals surface area (Å²) < 4.78 is 3.86. The number of carbonyl (C=O) groups excluding carboxylic acids is 1. The Kier molecular flexibility index (Phi) is 4.59. The number of fused-ring (bicyclic) bond motifs is 1. The standard InChI is InChI=1S/C20H26N6O/c1-14-11-19(24(3)23-14)25-10-6-7-16(12-25)22-20(27)15(2)26-13-21-17-8-4-5-9-18(17)26/h4-5,8-9,11,13,15-16H,6-7,10,12H2,1-3H3,(H,22,27). The number of para-hydroxylation sites is 2. The van der Waals surface area contributed by atoms with Gasteiger partial charge in [-0.05, 0) is 38.8 Å². The van der Waals surface area contributed by atoms with Crippen LogP contribution in [0, 0.1) is 6.92 Å². The molecule has 1 fully saturated rings. The number of hydrogen-bond acceptors (Lipinski definition) is 4. The summed E-state index contributed by atoms with van der Waals surface area (Å²) in [6.07, 6.45) is 3.80. The van der Waals surface area contributed by atoms with Crippen molar-refractivity contribution in [1.29, 1.82) is 0 Å². The van der Waals surface area contributed by atoms with Gasteiger partial charge in [0.15, 0.2) is 0 Å². The number of rotatable bonds is 4. The van der Waals surface area contributed by atoms with E-state index >= 15 is 0 Å². The molecule has 1 saturated heterocycles. The third-order valence-corrected chi connectivity index (χ3v) is 5.35. The maximum absolute atomic E-state index is 12.9. The monoisotopic (exact) mass is 366 g/mol. The molecule has 7 heteroatoms. The van der Waals surface area contributed by atoms with E-state index in [-0.39, 0.29) is 18.0 Å². The first kappa shape index (κ1) is 17.6. The Hall–Kier alpha value is -2.83. The van der Waals surface area contributed by atoms with Gasteiger partial charge in [-0.1, -0.05) is 12.1 Å². The molecule has 3 aromatic rings. The van der Waals surface area contributed by atoms with Gasteiger partial charge in [-0.3, -0.25) is 9.48 Å². The summed E-state index contributed by atoms with van der Waals surface area (Å²) in [5.41, 5.74) is 2.91. The van der Waals surface area contributed by atoms with E-state index in [1.165, 1.54) is 0 Å². The van der Waals surface area contributed by atoms with Crippen molar-refractivity contribution in [3.63, 3.8) is 0 Å². The van der Waals surface area contributed by atoms with Gasteiger partial charge in [-0.15, -0.1) is 0 Å². The Labute approximate surface area is 159 Å². The van der Waals surface area contributed by atoms with E-state index in [1.54, 1.807) is 6.33 Å². The number of amides is 1. The van der Waals surface area contributed by atoms with Gasteiger partial charge < -0.3 is 14.8 Å². The number of nitrogens with one attached hydrogen (secondary N) is 1. The zero-order valence-electron chi connectivity index (χ0n) is 16.1. The van der Waals surface area contributed by atoms with E-state index in [0.717, 1.165) is 48.5 Å². The second kappa shape index (κ2) is 7.06. The highest BCUT2D eigenvalue weighted by atomic mass is 16.2. The minimum absolute atomic E-state index is 0.0335. The smallest absolute Gasteiger partial charge is 0.243 e. The minimum Gasteiger partial charge on any atom is -0.355 e. The summed E-state index contributed by atoms with van der Waals surface area (Å²) in [5, 5.41) is 7.68. The highest BCUT2D eigenvalue weighted by Gasteiger charge is 2.26. The molecule has 0 spiro atoms. The average Bonchev–Trinajstić information content (AvgIpc) is 3.24.